The van der Waals surface area contributed by atoms with E-state index in [0.717, 1.165) is 5.56 Å². The Balaban J connectivity index is 1.50. The summed E-state index contributed by atoms with van der Waals surface area (Å²) in [6.07, 6.45) is 1.42. The number of anilines is 2. The van der Waals surface area contributed by atoms with Crippen LogP contribution < -0.4 is 25.2 Å². The van der Waals surface area contributed by atoms with Crippen molar-refractivity contribution in [3.63, 3.8) is 0 Å². The number of carbonyl (C=O) groups excluding carboxylic acids is 3. The second-order valence-electron chi connectivity index (χ2n) is 7.71. The van der Waals surface area contributed by atoms with E-state index in [1.165, 1.54) is 24.3 Å². The summed E-state index contributed by atoms with van der Waals surface area (Å²) >= 11 is 6.40. The Morgan fingerprint density at radius 3 is 2.49 bits per heavy atom. The van der Waals surface area contributed by atoms with Gasteiger partial charge in [-0.15, -0.1) is 0 Å². The van der Waals surface area contributed by atoms with Crippen molar-refractivity contribution in [2.45, 2.75) is 6.92 Å². The number of halogens is 1. The molecule has 3 amide bonds. The van der Waals surface area contributed by atoms with Gasteiger partial charge in [-0.25, -0.2) is 5.01 Å². The first-order valence-electron chi connectivity index (χ1n) is 10.6. The molecule has 2 N–H and O–H groups in total. The van der Waals surface area contributed by atoms with Gasteiger partial charge in [0.05, 0.1) is 17.8 Å². The molecule has 0 bridgehead atoms. The molecule has 0 spiro atoms. The number of nitrogens with one attached hydrogen (secondary N) is 2. The van der Waals surface area contributed by atoms with Crippen molar-refractivity contribution in [3.05, 3.63) is 88.5 Å². The zero-order chi connectivity index (χ0) is 24.9. The van der Waals surface area contributed by atoms with Gasteiger partial charge >= 0.3 is 0 Å². The van der Waals surface area contributed by atoms with E-state index in [2.05, 4.69) is 10.7 Å². The Morgan fingerprint density at radius 2 is 1.80 bits per heavy atom. The lowest BCUT2D eigenvalue weighted by molar-refractivity contribution is -0.118. The fourth-order valence-electron chi connectivity index (χ4n) is 3.42. The van der Waals surface area contributed by atoms with Gasteiger partial charge in [-0.05, 0) is 55.0 Å². The summed E-state index contributed by atoms with van der Waals surface area (Å²) in [6, 6.07) is 19.2. The molecule has 1 heterocycles. The molecule has 3 aromatic carbocycles. The van der Waals surface area contributed by atoms with Gasteiger partial charge in [0.25, 0.3) is 17.7 Å². The zero-order valence-corrected chi connectivity index (χ0v) is 19.8. The van der Waals surface area contributed by atoms with Gasteiger partial charge in [0.1, 0.15) is 5.57 Å². The molecular weight excluding hydrogens is 470 g/mol. The third-order valence-corrected chi connectivity index (χ3v) is 5.43. The number of methoxy groups -OCH3 is 1. The lowest BCUT2D eigenvalue weighted by Gasteiger charge is -2.14. The van der Waals surface area contributed by atoms with E-state index in [1.54, 1.807) is 42.5 Å². The second kappa shape index (κ2) is 10.3. The molecule has 1 aliphatic heterocycles. The first-order chi connectivity index (χ1) is 16.9. The number of hydrogen-bond acceptors (Lipinski definition) is 5. The van der Waals surface area contributed by atoms with Gasteiger partial charge in [-0.3, -0.25) is 19.8 Å². The van der Waals surface area contributed by atoms with Crippen molar-refractivity contribution in [1.29, 1.82) is 0 Å². The van der Waals surface area contributed by atoms with E-state index in [9.17, 15) is 14.4 Å². The van der Waals surface area contributed by atoms with Gasteiger partial charge in [0, 0.05) is 5.69 Å². The summed E-state index contributed by atoms with van der Waals surface area (Å²) in [4.78, 5) is 37.5. The molecular formula is C26H22ClN3O5. The summed E-state index contributed by atoms with van der Waals surface area (Å²) in [5.41, 5.74) is 5.21. The van der Waals surface area contributed by atoms with Crippen molar-refractivity contribution in [1.82, 2.24) is 5.43 Å². The molecule has 4 rings (SSSR count). The summed E-state index contributed by atoms with van der Waals surface area (Å²) in [6.45, 7) is 1.66. The van der Waals surface area contributed by atoms with Crippen LogP contribution in [0.25, 0.3) is 6.08 Å². The van der Waals surface area contributed by atoms with E-state index in [-0.39, 0.29) is 34.6 Å². The van der Waals surface area contributed by atoms with Crippen LogP contribution >= 0.6 is 11.6 Å². The largest absolute Gasteiger partial charge is 0.493 e. The predicted octanol–water partition coefficient (Wildman–Crippen LogP) is 4.14. The van der Waals surface area contributed by atoms with Gasteiger partial charge in [0.2, 0.25) is 0 Å². The number of nitrogens with zero attached hydrogens (tertiary/aromatic N) is 1. The Kier molecular flexibility index (Phi) is 7.03. The number of hydrogen-bond donors (Lipinski definition) is 2. The van der Waals surface area contributed by atoms with E-state index in [1.807, 2.05) is 25.1 Å². The Labute approximate surface area is 207 Å². The number of carbonyl (C=O) groups is 3. The Morgan fingerprint density at radius 1 is 1.09 bits per heavy atom. The molecule has 35 heavy (non-hydrogen) atoms. The van der Waals surface area contributed by atoms with E-state index >= 15 is 0 Å². The third kappa shape index (κ3) is 5.44. The highest BCUT2D eigenvalue weighted by Gasteiger charge is 2.34. The molecule has 0 aliphatic carbocycles. The van der Waals surface area contributed by atoms with Crippen LogP contribution in [0.1, 0.15) is 11.1 Å². The lowest BCUT2D eigenvalue weighted by Crippen LogP contribution is -2.35. The smallest absolute Gasteiger partial charge is 0.282 e. The number of para-hydroxylation sites is 1. The quantitative estimate of drug-likeness (QED) is 0.382. The van der Waals surface area contributed by atoms with Crippen molar-refractivity contribution < 1.29 is 23.9 Å². The van der Waals surface area contributed by atoms with E-state index in [4.69, 9.17) is 21.1 Å². The average Bonchev–Trinajstić information content (AvgIpc) is 3.13. The van der Waals surface area contributed by atoms with E-state index < -0.39 is 11.8 Å². The van der Waals surface area contributed by atoms with Crippen LogP contribution in [-0.4, -0.2) is 31.4 Å². The maximum atomic E-state index is 12.8. The summed E-state index contributed by atoms with van der Waals surface area (Å²) < 4.78 is 11.0. The molecule has 1 aliphatic rings. The molecule has 0 unspecified atom stereocenters. The number of benzene rings is 3. The lowest BCUT2D eigenvalue weighted by atomic mass is 10.1. The highest BCUT2D eigenvalue weighted by Crippen LogP contribution is 2.37. The molecule has 0 aromatic heterocycles. The number of hydrazine groups is 1. The second-order valence-corrected chi connectivity index (χ2v) is 8.12. The van der Waals surface area contributed by atoms with Crippen LogP contribution in [0.2, 0.25) is 5.02 Å². The van der Waals surface area contributed by atoms with Gasteiger partial charge < -0.3 is 14.8 Å². The number of amides is 3. The van der Waals surface area contributed by atoms with Crippen molar-refractivity contribution in [3.8, 4) is 11.5 Å². The van der Waals surface area contributed by atoms with Crippen LogP contribution in [-0.2, 0) is 14.4 Å². The first-order valence-corrected chi connectivity index (χ1v) is 11.0. The summed E-state index contributed by atoms with van der Waals surface area (Å²) in [5.74, 6) is -0.986. The van der Waals surface area contributed by atoms with E-state index in [0.29, 0.717) is 16.9 Å². The highest BCUT2D eigenvalue weighted by molar-refractivity contribution is 6.33. The maximum absolute atomic E-state index is 12.8. The molecule has 0 atom stereocenters. The third-order valence-electron chi connectivity index (χ3n) is 5.15. The molecule has 0 radical (unpaired) electrons. The van der Waals surface area contributed by atoms with Gasteiger partial charge in [-0.1, -0.05) is 47.5 Å². The normalized spacial score (nSPS) is 14.1. The van der Waals surface area contributed by atoms with Crippen LogP contribution in [0, 0.1) is 6.92 Å². The molecule has 0 saturated carbocycles. The van der Waals surface area contributed by atoms with Crippen LogP contribution in [0.4, 0.5) is 11.4 Å². The molecule has 8 nitrogen and oxygen atoms in total. The molecule has 178 valence electrons. The van der Waals surface area contributed by atoms with Crippen LogP contribution in [0.5, 0.6) is 11.5 Å². The van der Waals surface area contributed by atoms with Gasteiger partial charge in [0.15, 0.2) is 18.1 Å². The first kappa shape index (κ1) is 23.8. The predicted molar refractivity (Wildman–Crippen MR) is 133 cm³/mol. The molecule has 1 saturated heterocycles. The maximum Gasteiger partial charge on any atom is 0.282 e. The summed E-state index contributed by atoms with van der Waals surface area (Å²) in [5, 5.41) is 4.07. The fraction of sp³-hybridized carbons (Fsp3) is 0.115. The minimum absolute atomic E-state index is 0.0573. The average molecular weight is 492 g/mol. The van der Waals surface area contributed by atoms with Crippen LogP contribution in [0.3, 0.4) is 0 Å². The zero-order valence-electron chi connectivity index (χ0n) is 19.0. The number of rotatable bonds is 7. The molecule has 9 heteroatoms. The van der Waals surface area contributed by atoms with Gasteiger partial charge in [-0.2, -0.15) is 0 Å². The minimum Gasteiger partial charge on any atom is -0.493 e. The fourth-order valence-corrected chi connectivity index (χ4v) is 3.69. The molecule has 1 fully saturated rings. The van der Waals surface area contributed by atoms with Crippen molar-refractivity contribution in [2.24, 2.45) is 0 Å². The van der Waals surface area contributed by atoms with Crippen molar-refractivity contribution >= 4 is 46.8 Å². The standard InChI is InChI=1S/C26H22ClN3O5/c1-16-8-10-18(11-9-16)28-23(31)15-35-24-21(27)13-17(14-22(24)34-2)12-20-25(32)29-30(26(20)33)19-6-4-3-5-7-19/h3-14H,15H2,1-2H3,(H,28,31)(H,29,32). The Bertz CT molecular complexity index is 1310. The monoisotopic (exact) mass is 491 g/mol. The summed E-state index contributed by atoms with van der Waals surface area (Å²) in [7, 11) is 1.42. The SMILES string of the molecule is COc1cc(C=C2C(=O)NN(c3ccccc3)C2=O)cc(Cl)c1OCC(=O)Nc1ccc(C)cc1. The number of aryl methyl sites for hydroxylation is 1. The highest BCUT2D eigenvalue weighted by atomic mass is 35.5. The minimum atomic E-state index is -0.540. The number of ether oxygens (including phenoxy) is 2. The Hall–Kier alpha value is -4.30. The van der Waals surface area contributed by atoms with Crippen molar-refractivity contribution in [2.75, 3.05) is 24.0 Å². The topological polar surface area (TPSA) is 97.0 Å². The van der Waals surface area contributed by atoms with Crippen LogP contribution in [0.15, 0.2) is 72.3 Å². The molecule has 3 aromatic rings.